The Morgan fingerprint density at radius 1 is 1.17 bits per heavy atom. The van der Waals surface area contributed by atoms with Gasteiger partial charge in [0.05, 0.1) is 6.04 Å². The van der Waals surface area contributed by atoms with Gasteiger partial charge in [-0.15, -0.1) is 0 Å². The summed E-state index contributed by atoms with van der Waals surface area (Å²) < 4.78 is 56.0. The molecular formula is C26H30F2N2O4S. The van der Waals surface area contributed by atoms with E-state index in [0.29, 0.717) is 29.5 Å². The molecule has 1 aliphatic heterocycles. The molecule has 3 atom stereocenters. The molecule has 35 heavy (non-hydrogen) atoms. The van der Waals surface area contributed by atoms with E-state index in [1.165, 1.54) is 11.8 Å². The molecular weight excluding hydrogens is 474 g/mol. The predicted molar refractivity (Wildman–Crippen MR) is 128 cm³/mol. The van der Waals surface area contributed by atoms with Crippen LogP contribution in [0, 0.1) is 17.2 Å². The summed E-state index contributed by atoms with van der Waals surface area (Å²) >= 11 is 0. The van der Waals surface area contributed by atoms with Crippen molar-refractivity contribution in [2.45, 2.75) is 56.7 Å². The summed E-state index contributed by atoms with van der Waals surface area (Å²) in [6, 6.07) is 11.0. The Bertz CT molecular complexity index is 1230. The molecule has 2 saturated carbocycles. The molecule has 2 N–H and O–H groups in total. The van der Waals surface area contributed by atoms with Crippen LogP contribution in [-0.2, 0) is 21.2 Å². The zero-order valence-corrected chi connectivity index (χ0v) is 20.4. The molecule has 1 heterocycles. The highest BCUT2D eigenvalue weighted by Gasteiger charge is 2.63. The van der Waals surface area contributed by atoms with E-state index in [0.717, 1.165) is 12.8 Å². The van der Waals surface area contributed by atoms with Crippen LogP contribution in [-0.4, -0.2) is 54.6 Å². The molecule has 1 saturated heterocycles. The minimum atomic E-state index is -4.22. The van der Waals surface area contributed by atoms with Crippen LogP contribution in [0.25, 0.3) is 11.1 Å². The molecule has 2 aromatic rings. The number of amides is 1. The van der Waals surface area contributed by atoms with Crippen LogP contribution in [0.1, 0.15) is 38.2 Å². The van der Waals surface area contributed by atoms with Crippen LogP contribution in [0.3, 0.4) is 0 Å². The minimum absolute atomic E-state index is 0.0419. The highest BCUT2D eigenvalue weighted by Crippen LogP contribution is 2.56. The van der Waals surface area contributed by atoms with Crippen molar-refractivity contribution in [3.63, 3.8) is 0 Å². The van der Waals surface area contributed by atoms with Crippen molar-refractivity contribution < 1.29 is 27.1 Å². The number of aliphatic hydroxyl groups is 1. The van der Waals surface area contributed by atoms with E-state index in [1.807, 2.05) is 18.2 Å². The maximum atomic E-state index is 15.7. The number of alkyl halides is 1. The third kappa shape index (κ3) is 4.49. The normalized spacial score (nSPS) is 25.0. The number of nitrogens with zero attached hydrogens (tertiary/aromatic N) is 1. The van der Waals surface area contributed by atoms with Crippen LogP contribution in [0.15, 0.2) is 48.5 Å². The van der Waals surface area contributed by atoms with Crippen LogP contribution >= 0.6 is 0 Å². The molecule has 0 unspecified atom stereocenters. The molecule has 1 amide bonds. The number of nitrogens with one attached hydrogen (secondary N) is 1. The van der Waals surface area contributed by atoms with Gasteiger partial charge in [-0.25, -0.2) is 21.9 Å². The van der Waals surface area contributed by atoms with E-state index >= 15 is 4.39 Å². The zero-order valence-electron chi connectivity index (χ0n) is 19.6. The van der Waals surface area contributed by atoms with Crippen molar-refractivity contribution in [1.82, 2.24) is 9.62 Å². The molecule has 1 spiro atoms. The number of carbonyl (C=O) groups is 1. The molecule has 6 nitrogen and oxygen atoms in total. The fraction of sp³-hybridized carbons (Fsp3) is 0.500. The molecule has 9 heteroatoms. The van der Waals surface area contributed by atoms with Gasteiger partial charge >= 0.3 is 0 Å². The molecule has 0 bridgehead atoms. The quantitative estimate of drug-likeness (QED) is 0.577. The monoisotopic (exact) mass is 504 g/mol. The first-order chi connectivity index (χ1) is 16.6. The van der Waals surface area contributed by atoms with E-state index < -0.39 is 50.9 Å². The Morgan fingerprint density at radius 2 is 1.86 bits per heavy atom. The summed E-state index contributed by atoms with van der Waals surface area (Å²) in [6.45, 7) is 1.75. The molecule has 0 aromatic heterocycles. The highest BCUT2D eigenvalue weighted by atomic mass is 32.2. The Labute approximate surface area is 204 Å². The van der Waals surface area contributed by atoms with Gasteiger partial charge in [0.1, 0.15) is 11.4 Å². The second kappa shape index (κ2) is 8.64. The van der Waals surface area contributed by atoms with E-state index in [9.17, 15) is 22.7 Å². The van der Waals surface area contributed by atoms with E-state index in [1.54, 1.807) is 30.3 Å². The smallest absolute Gasteiger partial charge is 0.254 e. The first-order valence-electron chi connectivity index (χ1n) is 12.0. The first-order valence-corrected chi connectivity index (χ1v) is 13.7. The van der Waals surface area contributed by atoms with Crippen molar-refractivity contribution in [3.8, 4) is 11.1 Å². The number of benzene rings is 2. The van der Waals surface area contributed by atoms with Gasteiger partial charge in [0.2, 0.25) is 16.0 Å². The van der Waals surface area contributed by atoms with Crippen LogP contribution < -0.4 is 4.72 Å². The van der Waals surface area contributed by atoms with Gasteiger partial charge in [0.25, 0.3) is 5.91 Å². The summed E-state index contributed by atoms with van der Waals surface area (Å²) in [6.07, 6.45) is 2.87. The number of halogens is 2. The average molecular weight is 505 g/mol. The SMILES string of the molecule is C[C@](O)(C(=O)N1CC2(CC2)[C@H](NS(=O)(=O)CF)[C@@H]1Cc1cccc(-c2ccccc2)c1F)C1CC1. The second-order valence-corrected chi connectivity index (χ2v) is 12.1. The average Bonchev–Trinajstić information content (AvgIpc) is 3.76. The standard InChI is InChI=1S/C26H30F2N2O4S/c1-25(32,19-10-11-19)24(31)30-15-26(12-13-26)23(29-35(33,34)16-27)21(30)14-18-8-5-9-20(22(18)28)17-6-3-2-4-7-17/h2-9,19,21,23,29,32H,10-16H2,1H3/t21-,23+,25+/m0/s1. The van der Waals surface area contributed by atoms with E-state index in [-0.39, 0.29) is 18.9 Å². The Morgan fingerprint density at radius 3 is 2.46 bits per heavy atom. The lowest BCUT2D eigenvalue weighted by Crippen LogP contribution is -2.54. The van der Waals surface area contributed by atoms with Crippen molar-refractivity contribution in [1.29, 1.82) is 0 Å². The van der Waals surface area contributed by atoms with Crippen molar-refractivity contribution >= 4 is 15.9 Å². The summed E-state index contributed by atoms with van der Waals surface area (Å²) in [5.74, 6) is -1.06. The molecule has 188 valence electrons. The zero-order chi connectivity index (χ0) is 25.0. The van der Waals surface area contributed by atoms with E-state index in [4.69, 9.17) is 0 Å². The van der Waals surface area contributed by atoms with Crippen molar-refractivity contribution in [2.24, 2.45) is 11.3 Å². The number of carbonyl (C=O) groups excluding carboxylic acids is 1. The fourth-order valence-corrected chi connectivity index (χ4v) is 6.42. The van der Waals surface area contributed by atoms with Gasteiger partial charge in [-0.1, -0.05) is 48.5 Å². The topological polar surface area (TPSA) is 86.7 Å². The lowest BCUT2D eigenvalue weighted by atomic mass is 9.91. The summed E-state index contributed by atoms with van der Waals surface area (Å²) in [4.78, 5) is 15.1. The van der Waals surface area contributed by atoms with Crippen LogP contribution in [0.2, 0.25) is 0 Å². The summed E-state index contributed by atoms with van der Waals surface area (Å²) in [5.41, 5.74) is -0.660. The van der Waals surface area contributed by atoms with E-state index in [2.05, 4.69) is 4.72 Å². The lowest BCUT2D eigenvalue weighted by Gasteiger charge is -2.34. The maximum Gasteiger partial charge on any atom is 0.254 e. The Balaban J connectivity index is 1.53. The third-order valence-corrected chi connectivity index (χ3v) is 8.83. The minimum Gasteiger partial charge on any atom is -0.380 e. The molecule has 5 rings (SSSR count). The second-order valence-electron chi connectivity index (χ2n) is 10.5. The number of likely N-dealkylation sites (tertiary alicyclic amines) is 1. The van der Waals surface area contributed by atoms with Gasteiger partial charge in [0.15, 0.2) is 0 Å². The van der Waals surface area contributed by atoms with Gasteiger partial charge in [-0.3, -0.25) is 4.79 Å². The number of hydrogen-bond acceptors (Lipinski definition) is 4. The number of hydrogen-bond donors (Lipinski definition) is 2. The Kier molecular flexibility index (Phi) is 6.01. The largest absolute Gasteiger partial charge is 0.380 e. The van der Waals surface area contributed by atoms with Gasteiger partial charge in [-0.05, 0) is 56.1 Å². The van der Waals surface area contributed by atoms with Crippen molar-refractivity contribution in [3.05, 3.63) is 59.9 Å². The predicted octanol–water partition coefficient (Wildman–Crippen LogP) is 3.40. The molecule has 2 aromatic carbocycles. The van der Waals surface area contributed by atoms with Gasteiger partial charge in [0, 0.05) is 23.6 Å². The Hall–Kier alpha value is -2.36. The van der Waals surface area contributed by atoms with Crippen molar-refractivity contribution in [2.75, 3.05) is 12.6 Å². The maximum absolute atomic E-state index is 15.7. The van der Waals surface area contributed by atoms with Crippen LogP contribution in [0.5, 0.6) is 0 Å². The lowest BCUT2D eigenvalue weighted by molar-refractivity contribution is -0.153. The number of rotatable bonds is 8. The van der Waals surface area contributed by atoms with Crippen LogP contribution in [0.4, 0.5) is 8.78 Å². The molecule has 2 aliphatic carbocycles. The first kappa shape index (κ1) is 24.3. The molecule has 3 aliphatic rings. The summed E-state index contributed by atoms with van der Waals surface area (Å²) in [5, 5.41) is 11.0. The third-order valence-electron chi connectivity index (χ3n) is 7.93. The molecule has 3 fully saturated rings. The fourth-order valence-electron chi connectivity index (χ4n) is 5.57. The number of sulfonamides is 1. The van der Waals surface area contributed by atoms with Gasteiger partial charge in [-0.2, -0.15) is 0 Å². The molecule has 0 radical (unpaired) electrons. The highest BCUT2D eigenvalue weighted by molar-refractivity contribution is 7.89. The summed E-state index contributed by atoms with van der Waals surface area (Å²) in [7, 11) is -4.22. The van der Waals surface area contributed by atoms with Gasteiger partial charge < -0.3 is 10.0 Å².